The molecule has 13 heterocycles. The number of nitrogens with zero attached hydrogens (tertiary/aromatic N) is 13. The number of benzene rings is 9. The van der Waals surface area contributed by atoms with Crippen LogP contribution in [0.3, 0.4) is 0 Å². The Labute approximate surface area is 859 Å². The first-order valence-corrected chi connectivity index (χ1v) is 52.6. The van der Waals surface area contributed by atoms with E-state index in [1.165, 1.54) is 34.8 Å². The molecule has 0 unspecified atom stereocenters. The normalized spacial score (nSPS) is 17.1. The second-order valence-electron chi connectivity index (χ2n) is 41.7. The van der Waals surface area contributed by atoms with Crippen molar-refractivity contribution in [1.29, 1.82) is 0 Å². The summed E-state index contributed by atoms with van der Waals surface area (Å²) in [6.45, 7) is 33.1. The number of aromatic hydroxyl groups is 3. The van der Waals surface area contributed by atoms with Crippen LogP contribution >= 0.6 is 91.8 Å². The molecule has 0 atom stereocenters. The van der Waals surface area contributed by atoms with Crippen LogP contribution in [0.1, 0.15) is 136 Å². The summed E-state index contributed by atoms with van der Waals surface area (Å²) in [5, 5.41) is 57.6. The smallest absolute Gasteiger partial charge is 0.325 e. The lowest BCUT2D eigenvalue weighted by Crippen LogP contribution is -2.47. The zero-order chi connectivity index (χ0) is 99.2. The molecule has 8 aliphatic heterocycles. The first-order chi connectivity index (χ1) is 67.9. The van der Waals surface area contributed by atoms with Crippen LogP contribution in [0.15, 0.2) is 210 Å². The van der Waals surface area contributed by atoms with E-state index in [9.17, 15) is 34.1 Å². The van der Waals surface area contributed by atoms with Crippen LogP contribution in [0.2, 0.25) is 10.0 Å². The third-order valence-corrected chi connectivity index (χ3v) is 32.4. The van der Waals surface area contributed by atoms with Crippen LogP contribution in [0, 0.1) is 29.0 Å². The lowest BCUT2D eigenvalue weighted by molar-refractivity contribution is 0.125. The molecule has 5 aromatic heterocycles. The van der Waals surface area contributed by atoms with E-state index in [0.29, 0.717) is 92.2 Å². The van der Waals surface area contributed by atoms with Crippen molar-refractivity contribution < 1.29 is 34.1 Å². The van der Waals surface area contributed by atoms with Gasteiger partial charge in [-0.2, -0.15) is 0 Å². The molecule has 732 valence electrons. The number of halogens is 5. The molecule has 3 saturated heterocycles. The number of aryl methyl sites for hydroxylation is 1. The molecule has 14 aromatic rings. The molecule has 25 nitrogen and oxygen atoms in total. The van der Waals surface area contributed by atoms with E-state index >= 15 is 0 Å². The minimum absolute atomic E-state index is 0.166. The Hall–Kier alpha value is -11.9. The van der Waals surface area contributed by atoms with Gasteiger partial charge in [0.15, 0.2) is 5.13 Å². The summed E-state index contributed by atoms with van der Waals surface area (Å²) in [7, 11) is 0. The van der Waals surface area contributed by atoms with Crippen molar-refractivity contribution in [3.8, 4) is 49.0 Å². The van der Waals surface area contributed by atoms with Crippen LogP contribution in [-0.2, 0) is 16.2 Å². The minimum Gasteiger partial charge on any atom is -0.506 e. The van der Waals surface area contributed by atoms with Gasteiger partial charge in [0.05, 0.1) is 81.8 Å². The van der Waals surface area contributed by atoms with Gasteiger partial charge in [0.25, 0.3) is 0 Å². The third-order valence-electron chi connectivity index (χ3n) is 27.4. The van der Waals surface area contributed by atoms with Crippen LogP contribution in [0.4, 0.5) is 75.1 Å². The van der Waals surface area contributed by atoms with Crippen molar-refractivity contribution in [3.63, 3.8) is 0 Å². The van der Waals surface area contributed by atoms with Crippen LogP contribution in [-0.4, -0.2) is 162 Å². The molecule has 0 radical (unpaired) electrons. The lowest BCUT2D eigenvalue weighted by atomic mass is 9.72. The summed E-state index contributed by atoms with van der Waals surface area (Å²) in [5.41, 5.74) is 16.6. The molecule has 34 heteroatoms. The Balaban J connectivity index is 0.000000131. The van der Waals surface area contributed by atoms with Crippen LogP contribution < -0.4 is 46.6 Å². The molecule has 0 aliphatic carbocycles. The van der Waals surface area contributed by atoms with Crippen LogP contribution in [0.25, 0.3) is 72.7 Å². The molecular formula is C108H110Cl4FN19O6S4. The van der Waals surface area contributed by atoms with Crippen molar-refractivity contribution >= 4 is 218 Å². The van der Waals surface area contributed by atoms with Crippen molar-refractivity contribution in [1.82, 2.24) is 50.3 Å². The van der Waals surface area contributed by atoms with Crippen molar-refractivity contribution in [2.45, 2.75) is 137 Å². The molecule has 0 bridgehead atoms. The number of urea groups is 3. The second kappa shape index (κ2) is 39.0. The number of hydrogen-bond donors (Lipinski definition) is 9. The number of pyridine rings is 1. The van der Waals surface area contributed by atoms with Crippen molar-refractivity contribution in [3.05, 3.63) is 238 Å². The average Bonchev–Trinajstić information content (AvgIpc) is 1.56. The third kappa shape index (κ3) is 20.4. The number of para-hydroxylation sites is 6. The van der Waals surface area contributed by atoms with Gasteiger partial charge >= 0.3 is 18.1 Å². The maximum absolute atomic E-state index is 14.1. The van der Waals surface area contributed by atoms with E-state index in [1.54, 1.807) is 59.1 Å². The molecule has 22 rings (SSSR count). The summed E-state index contributed by atoms with van der Waals surface area (Å²) in [4.78, 5) is 86.9. The Morgan fingerprint density at radius 2 is 0.739 bits per heavy atom. The van der Waals surface area contributed by atoms with Gasteiger partial charge in [-0.1, -0.05) is 156 Å². The molecule has 3 spiro atoms. The SMILES string of the molecule is CC(C)(C)CN1CCC2(CC1)CN(c1ccccc1NC(=O)NC1=CCC(Cl)=N1)c1c(O)ccc(-c3nc4cc(Cl)ccc4s3)c12.CC(C)(C)CN1CCC2(CC1)CN(c1ccccc1NC(=O)NC1=CCC(Cl)=N1)c1c(O)ccc(-c3nc4cc(F)ccc4s3)c12.Cc1ccc2nc(NC(=O)Nc3ccccc3N3CC4(CCN(CC(C)(C)C)CC4)c4c(-c5nc6cc(Cl)ccc6s5)ccc(O)c43)sc2n1. The number of thiazole rings is 4. The summed E-state index contributed by atoms with van der Waals surface area (Å²) in [6, 6.07) is 53.3. The number of hydrogen-bond acceptors (Lipinski definition) is 23. The highest BCUT2D eigenvalue weighted by molar-refractivity contribution is 7.23. The fourth-order valence-corrected chi connectivity index (χ4v) is 26.0. The predicted molar refractivity (Wildman–Crippen MR) is 582 cm³/mol. The number of amides is 6. The second-order valence-corrected chi connectivity index (χ2v) is 47.5. The maximum Gasteiger partial charge on any atom is 0.325 e. The molecule has 3 fully saturated rings. The Morgan fingerprint density at radius 1 is 0.394 bits per heavy atom. The van der Waals surface area contributed by atoms with Gasteiger partial charge in [0, 0.05) is 107 Å². The Morgan fingerprint density at radius 3 is 1.09 bits per heavy atom. The fraction of sp³-hybridized carbons (Fsp3) is 0.333. The predicted octanol–water partition coefficient (Wildman–Crippen LogP) is 27.0. The first kappa shape index (κ1) is 97.5. The zero-order valence-corrected chi connectivity index (χ0v) is 86.7. The number of piperidine rings is 3. The molecule has 0 saturated carbocycles. The van der Waals surface area contributed by atoms with E-state index in [1.807, 2.05) is 146 Å². The van der Waals surface area contributed by atoms with Gasteiger partial charge in [-0.25, -0.2) is 53.7 Å². The first-order valence-electron chi connectivity index (χ1n) is 47.8. The number of carbonyl (C=O) groups excluding carboxylic acids is 3. The number of aromatic nitrogens is 5. The van der Waals surface area contributed by atoms with Crippen LogP contribution in [0.5, 0.6) is 17.2 Å². The molecule has 9 N–H and O–H groups in total. The molecule has 8 aliphatic rings. The summed E-state index contributed by atoms with van der Waals surface area (Å²) in [5.74, 6) is 1.09. The van der Waals surface area contributed by atoms with E-state index < -0.39 is 18.1 Å². The number of nitrogens with one attached hydrogen (secondary N) is 6. The van der Waals surface area contributed by atoms with Gasteiger partial charge in [0.1, 0.15) is 70.4 Å². The number of fused-ring (bicyclic) bond motifs is 10. The number of rotatable bonds is 15. The summed E-state index contributed by atoms with van der Waals surface area (Å²) < 4.78 is 17.2. The Kier molecular flexibility index (Phi) is 26.8. The number of allylic oxidation sites excluding steroid dienone is 2. The monoisotopic (exact) mass is 2060 g/mol. The van der Waals surface area contributed by atoms with E-state index in [-0.39, 0.29) is 55.6 Å². The van der Waals surface area contributed by atoms with Gasteiger partial charge in [-0.05, 0) is 263 Å². The number of likely N-dealkylation sites (tertiary alicyclic amines) is 3. The van der Waals surface area contributed by atoms with Gasteiger partial charge < -0.3 is 60.7 Å². The topological polar surface area (TPSA) is 293 Å². The molecule has 6 amide bonds. The highest BCUT2D eigenvalue weighted by atomic mass is 35.5. The number of aliphatic imine (C=N–C) groups is 2. The van der Waals surface area contributed by atoms with Crippen molar-refractivity contribution in [2.75, 3.05) is 115 Å². The maximum atomic E-state index is 14.1. The van der Waals surface area contributed by atoms with Gasteiger partial charge in [0.2, 0.25) is 0 Å². The zero-order valence-electron chi connectivity index (χ0n) is 80.4. The number of anilines is 10. The number of carbonyl (C=O) groups is 3. The minimum atomic E-state index is -0.432. The average molecular weight is 2060 g/mol. The highest BCUT2D eigenvalue weighted by Gasteiger charge is 2.53. The van der Waals surface area contributed by atoms with Crippen molar-refractivity contribution in [2.24, 2.45) is 26.2 Å². The standard InChI is InChI=1S/C38H38ClN7O2S2.C35H36Cl2N6O2S.C35H36ClFN6O2S/c1-22-9-12-26-34(40-22)50-36(43-26)44-35(48)42-25-7-5-6-8-28(25)46-21-38(15-17-45(18-16-38)20-37(2,3)4)31-24(11-13-29(47)32(31)46)33-41-27-19-23(39)10-14-30(27)49-33;1-34(2,3)19-42-16-14-35(15-17-42)20-43(25-7-5-4-6-23(25)39-33(45)41-29-13-12-28(37)40-29)31-26(44)10-9-22(30(31)35)32-38-24-18-21(36)8-11-27(24)46-32;1-34(2,3)19-42-16-14-35(15-17-42)20-43(25-7-5-4-6-23(25)39-33(45)41-29-13-12-28(36)40-29)31-26(44)10-9-22(30(31)35)32-38-24-18-21(37)8-11-27(24)46-32/h5-14,19,47H,15-18,20-21H2,1-4H3,(H2,42,43,44,48);2*4-11,13,18,44H,12,14-17,19-20H2,1-3H3,(H2,39,41,45). The number of phenolic OH excluding ortho intramolecular Hbond substituents is 3. The van der Waals surface area contributed by atoms with E-state index in [0.717, 1.165) is 221 Å². The lowest BCUT2D eigenvalue weighted by Gasteiger charge is -2.42. The quantitative estimate of drug-likeness (QED) is 0.0461. The highest BCUT2D eigenvalue weighted by Crippen LogP contribution is 2.62. The van der Waals surface area contributed by atoms with Gasteiger partial charge in [-0.3, -0.25) is 16.0 Å². The Bertz CT molecular complexity index is 7180. The molecular weight excluding hydrogens is 1950 g/mol. The largest absolute Gasteiger partial charge is 0.506 e. The number of phenols is 3. The molecule has 9 aromatic carbocycles. The molecule has 142 heavy (non-hydrogen) atoms. The van der Waals surface area contributed by atoms with E-state index in [2.05, 4.69) is 144 Å². The summed E-state index contributed by atoms with van der Waals surface area (Å²) in [6.07, 6.45) is 10.0. The van der Waals surface area contributed by atoms with E-state index in [4.69, 9.17) is 61.4 Å². The van der Waals surface area contributed by atoms with Gasteiger partial charge in [-0.15, -0.1) is 34.0 Å². The fourth-order valence-electron chi connectivity index (χ4n) is 21.6. The summed E-state index contributed by atoms with van der Waals surface area (Å²) >= 11 is 30.8.